The van der Waals surface area contributed by atoms with Crippen molar-refractivity contribution >= 4 is 11.9 Å². The summed E-state index contributed by atoms with van der Waals surface area (Å²) in [4.78, 5) is 22.3. The number of ether oxygens (including phenoxy) is 1. The molecule has 1 unspecified atom stereocenters. The predicted molar refractivity (Wildman–Crippen MR) is 88.9 cm³/mol. The maximum Gasteiger partial charge on any atom is 0.306 e. The van der Waals surface area contributed by atoms with Crippen LogP contribution in [0.1, 0.15) is 97.3 Å². The van der Waals surface area contributed by atoms with E-state index in [4.69, 9.17) is 9.84 Å². The molecular formula is C18H34O4. The van der Waals surface area contributed by atoms with Crippen LogP contribution in [0.25, 0.3) is 0 Å². The first-order valence-corrected chi connectivity index (χ1v) is 9.01. The number of aliphatic carboxylic acids is 1. The fourth-order valence-electron chi connectivity index (χ4n) is 2.45. The van der Waals surface area contributed by atoms with Gasteiger partial charge in [-0.3, -0.25) is 9.59 Å². The molecule has 0 heterocycles. The van der Waals surface area contributed by atoms with E-state index in [9.17, 15) is 9.59 Å². The van der Waals surface area contributed by atoms with Gasteiger partial charge in [-0.15, -0.1) is 0 Å². The van der Waals surface area contributed by atoms with Gasteiger partial charge in [0.15, 0.2) is 0 Å². The lowest BCUT2D eigenvalue weighted by Gasteiger charge is -2.18. The number of unbranched alkanes of at least 4 members (excludes halogenated alkanes) is 6. The van der Waals surface area contributed by atoms with Crippen LogP contribution in [0.3, 0.4) is 0 Å². The number of carbonyl (C=O) groups excluding carboxylic acids is 1. The van der Waals surface area contributed by atoms with E-state index in [-0.39, 0.29) is 18.5 Å². The van der Waals surface area contributed by atoms with E-state index >= 15 is 0 Å². The zero-order valence-electron chi connectivity index (χ0n) is 14.4. The molecular weight excluding hydrogens is 280 g/mol. The summed E-state index contributed by atoms with van der Waals surface area (Å²) in [6.07, 6.45) is 11.7. The minimum atomic E-state index is -0.734. The van der Waals surface area contributed by atoms with Crippen LogP contribution >= 0.6 is 0 Å². The minimum absolute atomic E-state index is 0.0195. The Balaban J connectivity index is 3.98. The van der Waals surface area contributed by atoms with Crippen LogP contribution in [0.5, 0.6) is 0 Å². The summed E-state index contributed by atoms with van der Waals surface area (Å²) < 4.78 is 5.61. The Morgan fingerprint density at radius 2 is 1.41 bits per heavy atom. The van der Waals surface area contributed by atoms with Crippen molar-refractivity contribution < 1.29 is 19.4 Å². The van der Waals surface area contributed by atoms with Gasteiger partial charge in [0.25, 0.3) is 0 Å². The average molecular weight is 314 g/mol. The van der Waals surface area contributed by atoms with Crippen molar-refractivity contribution in [2.75, 3.05) is 0 Å². The molecule has 0 aliphatic rings. The lowest BCUT2D eigenvalue weighted by atomic mass is 10.0. The Morgan fingerprint density at radius 1 is 0.818 bits per heavy atom. The fourth-order valence-corrected chi connectivity index (χ4v) is 2.45. The number of carbonyl (C=O) groups is 2. The van der Waals surface area contributed by atoms with Gasteiger partial charge in [-0.25, -0.2) is 0 Å². The molecule has 0 radical (unpaired) electrons. The molecule has 130 valence electrons. The smallest absolute Gasteiger partial charge is 0.306 e. The average Bonchev–Trinajstić information content (AvgIpc) is 2.48. The number of esters is 1. The van der Waals surface area contributed by atoms with Crippen molar-refractivity contribution in [1.82, 2.24) is 0 Å². The Labute approximate surface area is 135 Å². The van der Waals surface area contributed by atoms with Crippen molar-refractivity contribution in [3.05, 3.63) is 0 Å². The van der Waals surface area contributed by atoms with Gasteiger partial charge in [-0.2, -0.15) is 0 Å². The van der Waals surface area contributed by atoms with E-state index in [1.54, 1.807) is 0 Å². The van der Waals surface area contributed by atoms with Gasteiger partial charge in [0.05, 0.1) is 0 Å². The summed E-state index contributed by atoms with van der Waals surface area (Å²) in [5.41, 5.74) is 0. The molecule has 4 heteroatoms. The van der Waals surface area contributed by atoms with E-state index in [0.717, 1.165) is 44.9 Å². The highest BCUT2D eigenvalue weighted by Crippen LogP contribution is 2.16. The second-order valence-corrected chi connectivity index (χ2v) is 6.06. The lowest BCUT2D eigenvalue weighted by Crippen LogP contribution is -2.18. The molecule has 0 fully saturated rings. The Morgan fingerprint density at radius 3 is 1.95 bits per heavy atom. The van der Waals surface area contributed by atoms with Crippen molar-refractivity contribution in [2.45, 2.75) is 103 Å². The van der Waals surface area contributed by atoms with E-state index in [1.807, 2.05) is 0 Å². The Bertz CT molecular complexity index is 289. The third-order valence-corrected chi connectivity index (χ3v) is 3.83. The van der Waals surface area contributed by atoms with Crippen LogP contribution in [-0.4, -0.2) is 23.1 Å². The molecule has 0 saturated heterocycles. The molecule has 1 atom stereocenters. The standard InChI is InChI=1S/C18H34O4/c1-3-5-7-9-12-16(22-18(21)15-6-4-2)13-10-8-11-14-17(19)20/h16H,3-15H2,1-2H3,(H,19,20). The highest BCUT2D eigenvalue weighted by atomic mass is 16.5. The summed E-state index contributed by atoms with van der Waals surface area (Å²) in [5, 5.41) is 8.62. The molecule has 0 aromatic rings. The van der Waals surface area contributed by atoms with Gasteiger partial charge in [0.2, 0.25) is 0 Å². The Hall–Kier alpha value is -1.06. The molecule has 0 saturated carbocycles. The van der Waals surface area contributed by atoms with Gasteiger partial charge in [0.1, 0.15) is 6.10 Å². The first kappa shape index (κ1) is 20.9. The van der Waals surface area contributed by atoms with Crippen LogP contribution in [-0.2, 0) is 14.3 Å². The Kier molecular flexibility index (Phi) is 14.1. The van der Waals surface area contributed by atoms with E-state index in [1.165, 1.54) is 19.3 Å². The molecule has 0 aliphatic carbocycles. The predicted octanol–water partition coefficient (Wildman–Crippen LogP) is 5.09. The molecule has 0 bridgehead atoms. The highest BCUT2D eigenvalue weighted by Gasteiger charge is 2.14. The fraction of sp³-hybridized carbons (Fsp3) is 0.889. The number of hydrogen-bond donors (Lipinski definition) is 1. The van der Waals surface area contributed by atoms with Gasteiger partial charge in [0, 0.05) is 12.8 Å². The van der Waals surface area contributed by atoms with E-state index < -0.39 is 5.97 Å². The van der Waals surface area contributed by atoms with Crippen molar-refractivity contribution in [3.8, 4) is 0 Å². The van der Waals surface area contributed by atoms with Crippen molar-refractivity contribution in [2.24, 2.45) is 0 Å². The van der Waals surface area contributed by atoms with Crippen molar-refractivity contribution in [1.29, 1.82) is 0 Å². The SMILES string of the molecule is CCCCCCC(CCCCCC(=O)O)OC(=O)CCCC. The normalized spacial score (nSPS) is 12.1. The van der Waals surface area contributed by atoms with E-state index in [0.29, 0.717) is 12.8 Å². The van der Waals surface area contributed by atoms with Crippen molar-refractivity contribution in [3.63, 3.8) is 0 Å². The molecule has 22 heavy (non-hydrogen) atoms. The molecule has 0 amide bonds. The van der Waals surface area contributed by atoms with Gasteiger partial charge >= 0.3 is 11.9 Å². The first-order chi connectivity index (χ1) is 10.6. The zero-order valence-corrected chi connectivity index (χ0v) is 14.4. The minimum Gasteiger partial charge on any atom is -0.481 e. The van der Waals surface area contributed by atoms with Crippen LogP contribution < -0.4 is 0 Å². The zero-order chi connectivity index (χ0) is 16.6. The molecule has 0 aromatic heterocycles. The third kappa shape index (κ3) is 13.9. The van der Waals surface area contributed by atoms with Crippen LogP contribution in [0.15, 0.2) is 0 Å². The third-order valence-electron chi connectivity index (χ3n) is 3.83. The molecule has 0 aromatic carbocycles. The number of carboxylic acid groups (broad SMARTS) is 1. The first-order valence-electron chi connectivity index (χ1n) is 9.01. The summed E-state index contributed by atoms with van der Waals surface area (Å²) in [7, 11) is 0. The maximum atomic E-state index is 11.8. The monoisotopic (exact) mass is 314 g/mol. The second kappa shape index (κ2) is 14.9. The molecule has 0 aliphatic heterocycles. The highest BCUT2D eigenvalue weighted by molar-refractivity contribution is 5.69. The molecule has 1 N–H and O–H groups in total. The van der Waals surface area contributed by atoms with Gasteiger partial charge < -0.3 is 9.84 Å². The summed E-state index contributed by atoms with van der Waals surface area (Å²) in [5.74, 6) is -0.810. The molecule has 0 spiro atoms. The number of rotatable bonds is 15. The largest absolute Gasteiger partial charge is 0.481 e. The summed E-state index contributed by atoms with van der Waals surface area (Å²) in [6, 6.07) is 0. The number of carboxylic acids is 1. The topological polar surface area (TPSA) is 63.6 Å². The maximum absolute atomic E-state index is 11.8. The quantitative estimate of drug-likeness (QED) is 0.337. The van der Waals surface area contributed by atoms with Gasteiger partial charge in [-0.1, -0.05) is 46.0 Å². The van der Waals surface area contributed by atoms with Crippen LogP contribution in [0.4, 0.5) is 0 Å². The van der Waals surface area contributed by atoms with Crippen LogP contribution in [0, 0.1) is 0 Å². The molecule has 0 rings (SSSR count). The summed E-state index contributed by atoms with van der Waals surface area (Å²) >= 11 is 0. The molecule has 4 nitrogen and oxygen atoms in total. The van der Waals surface area contributed by atoms with Crippen LogP contribution in [0.2, 0.25) is 0 Å². The lowest BCUT2D eigenvalue weighted by molar-refractivity contribution is -0.150. The van der Waals surface area contributed by atoms with E-state index in [2.05, 4.69) is 13.8 Å². The number of hydrogen-bond acceptors (Lipinski definition) is 3. The van der Waals surface area contributed by atoms with Gasteiger partial charge in [-0.05, 0) is 38.5 Å². The summed E-state index contributed by atoms with van der Waals surface area (Å²) in [6.45, 7) is 4.25. The second-order valence-electron chi connectivity index (χ2n) is 6.06.